The monoisotopic (exact) mass is 367 g/mol. The Morgan fingerprint density at radius 3 is 2.30 bits per heavy atom. The second-order valence-electron chi connectivity index (χ2n) is 3.88. The van der Waals surface area contributed by atoms with Gasteiger partial charge in [-0.3, -0.25) is 0 Å². The largest absolute Gasteiger partial charge is 0.493 e. The first-order valence-corrected chi connectivity index (χ1v) is 8.14. The van der Waals surface area contributed by atoms with E-state index in [0.717, 1.165) is 0 Å². The summed E-state index contributed by atoms with van der Waals surface area (Å²) in [5, 5.41) is 0. The Balaban J connectivity index is 2.99. The highest BCUT2D eigenvalue weighted by Crippen LogP contribution is 2.35. The van der Waals surface area contributed by atoms with Gasteiger partial charge in [-0.15, -0.1) is 0 Å². The minimum Gasteiger partial charge on any atom is -0.493 e. The van der Waals surface area contributed by atoms with Crippen LogP contribution in [0.1, 0.15) is 6.42 Å². The Morgan fingerprint density at radius 2 is 1.75 bits per heavy atom. The standard InChI is InChI=1S/C12H18BrNO5S/c1-17-6-4-5-14-20(15,16)12-8-11(19-3)10(18-2)7-9(12)13/h7-8,14H,4-6H2,1-3H3. The van der Waals surface area contributed by atoms with Crippen molar-refractivity contribution >= 4 is 26.0 Å². The molecule has 0 radical (unpaired) electrons. The fraction of sp³-hybridized carbons (Fsp3) is 0.500. The van der Waals surface area contributed by atoms with Crippen molar-refractivity contribution in [3.8, 4) is 11.5 Å². The maximum absolute atomic E-state index is 12.2. The van der Waals surface area contributed by atoms with E-state index in [-0.39, 0.29) is 4.90 Å². The maximum atomic E-state index is 12.2. The van der Waals surface area contributed by atoms with Crippen LogP contribution in [0.15, 0.2) is 21.5 Å². The molecular formula is C12H18BrNO5S. The lowest BCUT2D eigenvalue weighted by Gasteiger charge is -2.13. The zero-order valence-corrected chi connectivity index (χ0v) is 14.0. The summed E-state index contributed by atoms with van der Waals surface area (Å²) in [5.74, 6) is 0.811. The second kappa shape index (κ2) is 7.82. The Kier molecular flexibility index (Phi) is 6.74. The molecule has 20 heavy (non-hydrogen) atoms. The summed E-state index contributed by atoms with van der Waals surface area (Å²) < 4.78 is 42.4. The average Bonchev–Trinajstić information content (AvgIpc) is 2.43. The average molecular weight is 368 g/mol. The van der Waals surface area contributed by atoms with E-state index in [4.69, 9.17) is 14.2 Å². The number of sulfonamides is 1. The highest BCUT2D eigenvalue weighted by molar-refractivity contribution is 9.10. The fourth-order valence-corrected chi connectivity index (χ4v) is 3.65. The summed E-state index contributed by atoms with van der Waals surface area (Å²) in [6.45, 7) is 0.798. The van der Waals surface area contributed by atoms with Crippen LogP contribution in [0.5, 0.6) is 11.5 Å². The van der Waals surface area contributed by atoms with Crippen LogP contribution >= 0.6 is 15.9 Å². The Hall–Kier alpha value is -0.830. The van der Waals surface area contributed by atoms with E-state index in [1.807, 2.05) is 0 Å². The van der Waals surface area contributed by atoms with Crippen LogP contribution < -0.4 is 14.2 Å². The van der Waals surface area contributed by atoms with Gasteiger partial charge in [0, 0.05) is 30.8 Å². The Bertz CT molecular complexity index is 547. The van der Waals surface area contributed by atoms with Crippen molar-refractivity contribution in [3.05, 3.63) is 16.6 Å². The van der Waals surface area contributed by atoms with Gasteiger partial charge in [0.2, 0.25) is 10.0 Å². The number of methoxy groups -OCH3 is 3. The smallest absolute Gasteiger partial charge is 0.241 e. The zero-order chi connectivity index (χ0) is 15.2. The van der Waals surface area contributed by atoms with Crippen LogP contribution in [0.4, 0.5) is 0 Å². The minimum absolute atomic E-state index is 0.104. The molecule has 1 aromatic rings. The van der Waals surface area contributed by atoms with Crippen LogP contribution in [0.3, 0.4) is 0 Å². The van der Waals surface area contributed by atoms with Gasteiger partial charge in [-0.25, -0.2) is 13.1 Å². The molecule has 0 spiro atoms. The molecule has 0 aliphatic rings. The summed E-state index contributed by atoms with van der Waals surface area (Å²) in [7, 11) is 0.892. The normalized spacial score (nSPS) is 11.4. The lowest BCUT2D eigenvalue weighted by atomic mass is 10.3. The van der Waals surface area contributed by atoms with E-state index in [1.165, 1.54) is 20.3 Å². The molecule has 114 valence electrons. The van der Waals surface area contributed by atoms with Crippen molar-refractivity contribution in [1.82, 2.24) is 4.72 Å². The van der Waals surface area contributed by atoms with Gasteiger partial charge in [-0.1, -0.05) is 0 Å². The van der Waals surface area contributed by atoms with Crippen molar-refractivity contribution < 1.29 is 22.6 Å². The fourth-order valence-electron chi connectivity index (χ4n) is 1.54. The van der Waals surface area contributed by atoms with Crippen molar-refractivity contribution in [3.63, 3.8) is 0 Å². The topological polar surface area (TPSA) is 73.9 Å². The van der Waals surface area contributed by atoms with Crippen molar-refractivity contribution in [2.24, 2.45) is 0 Å². The number of hydrogen-bond donors (Lipinski definition) is 1. The van der Waals surface area contributed by atoms with Gasteiger partial charge in [0.25, 0.3) is 0 Å². The Labute approximate surface area is 127 Å². The molecule has 0 bridgehead atoms. The van der Waals surface area contributed by atoms with Gasteiger partial charge < -0.3 is 14.2 Å². The van der Waals surface area contributed by atoms with Gasteiger partial charge in [0.05, 0.1) is 14.2 Å². The number of hydrogen-bond acceptors (Lipinski definition) is 5. The third-order valence-corrected chi connectivity index (χ3v) is 4.96. The first-order valence-electron chi connectivity index (χ1n) is 5.86. The molecule has 0 aliphatic carbocycles. The third kappa shape index (κ3) is 4.34. The predicted octanol–water partition coefficient (Wildman–Crippen LogP) is 1.78. The van der Waals surface area contributed by atoms with Crippen molar-refractivity contribution in [2.75, 3.05) is 34.5 Å². The molecule has 1 rings (SSSR count). The molecule has 1 aromatic carbocycles. The first kappa shape index (κ1) is 17.2. The Morgan fingerprint density at radius 1 is 1.15 bits per heavy atom. The summed E-state index contributed by atoms with van der Waals surface area (Å²) in [6, 6.07) is 2.98. The molecule has 0 saturated carbocycles. The molecule has 8 heteroatoms. The van der Waals surface area contributed by atoms with E-state index in [0.29, 0.717) is 35.5 Å². The van der Waals surface area contributed by atoms with Crippen LogP contribution in [-0.4, -0.2) is 42.9 Å². The lowest BCUT2D eigenvalue weighted by molar-refractivity contribution is 0.196. The molecule has 0 saturated heterocycles. The van der Waals surface area contributed by atoms with E-state index >= 15 is 0 Å². The third-order valence-electron chi connectivity index (χ3n) is 2.54. The molecular weight excluding hydrogens is 350 g/mol. The first-order chi connectivity index (χ1) is 9.46. The molecule has 6 nitrogen and oxygen atoms in total. The van der Waals surface area contributed by atoms with Gasteiger partial charge in [0.15, 0.2) is 11.5 Å². The van der Waals surface area contributed by atoms with E-state index < -0.39 is 10.0 Å². The van der Waals surface area contributed by atoms with Gasteiger partial charge in [0.1, 0.15) is 4.90 Å². The number of nitrogens with one attached hydrogen (secondary N) is 1. The van der Waals surface area contributed by atoms with Gasteiger partial charge in [-0.05, 0) is 28.4 Å². The predicted molar refractivity (Wildman–Crippen MR) is 78.9 cm³/mol. The van der Waals surface area contributed by atoms with Gasteiger partial charge >= 0.3 is 0 Å². The number of halogens is 1. The van der Waals surface area contributed by atoms with Crippen LogP contribution in [0.25, 0.3) is 0 Å². The summed E-state index contributed by atoms with van der Waals surface area (Å²) >= 11 is 3.23. The molecule has 0 unspecified atom stereocenters. The lowest BCUT2D eigenvalue weighted by Crippen LogP contribution is -2.26. The van der Waals surface area contributed by atoms with Crippen LogP contribution in [-0.2, 0) is 14.8 Å². The number of ether oxygens (including phenoxy) is 3. The van der Waals surface area contributed by atoms with E-state index in [2.05, 4.69) is 20.7 Å². The highest BCUT2D eigenvalue weighted by Gasteiger charge is 2.20. The molecule has 0 heterocycles. The number of rotatable bonds is 8. The van der Waals surface area contributed by atoms with Gasteiger partial charge in [-0.2, -0.15) is 0 Å². The quantitative estimate of drug-likeness (QED) is 0.708. The molecule has 0 aromatic heterocycles. The summed E-state index contributed by atoms with van der Waals surface area (Å²) in [4.78, 5) is 0.104. The van der Waals surface area contributed by atoms with E-state index in [1.54, 1.807) is 13.2 Å². The van der Waals surface area contributed by atoms with Crippen LogP contribution in [0, 0.1) is 0 Å². The molecule has 0 atom stereocenters. The number of benzene rings is 1. The zero-order valence-electron chi connectivity index (χ0n) is 11.6. The molecule has 0 amide bonds. The maximum Gasteiger partial charge on any atom is 0.241 e. The molecule has 0 aliphatic heterocycles. The SMILES string of the molecule is COCCCNS(=O)(=O)c1cc(OC)c(OC)cc1Br. The highest BCUT2D eigenvalue weighted by atomic mass is 79.9. The van der Waals surface area contributed by atoms with Crippen molar-refractivity contribution in [1.29, 1.82) is 0 Å². The minimum atomic E-state index is -3.62. The molecule has 0 fully saturated rings. The van der Waals surface area contributed by atoms with Crippen LogP contribution in [0.2, 0.25) is 0 Å². The molecule has 1 N–H and O–H groups in total. The summed E-state index contributed by atoms with van der Waals surface area (Å²) in [5.41, 5.74) is 0. The second-order valence-corrected chi connectivity index (χ2v) is 6.47. The summed E-state index contributed by atoms with van der Waals surface area (Å²) in [6.07, 6.45) is 0.598. The van der Waals surface area contributed by atoms with Crippen molar-refractivity contribution in [2.45, 2.75) is 11.3 Å². The van der Waals surface area contributed by atoms with E-state index in [9.17, 15) is 8.42 Å².